The maximum atomic E-state index is 13.3. The van der Waals surface area contributed by atoms with E-state index in [-0.39, 0.29) is 12.8 Å². The van der Waals surface area contributed by atoms with Crippen molar-refractivity contribution >= 4 is 11.4 Å². The first-order valence-corrected chi connectivity index (χ1v) is 7.70. The molecule has 21 heavy (non-hydrogen) atoms. The van der Waals surface area contributed by atoms with Crippen molar-refractivity contribution < 1.29 is 8.78 Å². The van der Waals surface area contributed by atoms with Gasteiger partial charge in [0.25, 0.3) is 5.92 Å². The van der Waals surface area contributed by atoms with Gasteiger partial charge >= 0.3 is 0 Å². The highest BCUT2D eigenvalue weighted by atomic mass is 19.3. The van der Waals surface area contributed by atoms with Crippen LogP contribution in [0.15, 0.2) is 24.3 Å². The van der Waals surface area contributed by atoms with E-state index in [0.29, 0.717) is 13.1 Å². The Morgan fingerprint density at radius 1 is 0.857 bits per heavy atom. The zero-order valence-electron chi connectivity index (χ0n) is 12.6. The summed E-state index contributed by atoms with van der Waals surface area (Å²) in [6.45, 7) is 5.08. The molecule has 2 heterocycles. The first kappa shape index (κ1) is 14.6. The van der Waals surface area contributed by atoms with Crippen molar-refractivity contribution in [1.82, 2.24) is 4.90 Å². The third kappa shape index (κ3) is 3.46. The van der Waals surface area contributed by atoms with Gasteiger partial charge in [-0.1, -0.05) is 6.07 Å². The maximum Gasteiger partial charge on any atom is 0.251 e. The van der Waals surface area contributed by atoms with E-state index < -0.39 is 5.92 Å². The molecule has 0 amide bonds. The van der Waals surface area contributed by atoms with E-state index in [1.54, 1.807) is 0 Å². The van der Waals surface area contributed by atoms with Crippen LogP contribution in [0.25, 0.3) is 0 Å². The number of hydrogen-bond donors (Lipinski definition) is 0. The Kier molecular flexibility index (Phi) is 4.02. The van der Waals surface area contributed by atoms with E-state index in [1.807, 2.05) is 12.1 Å². The van der Waals surface area contributed by atoms with Gasteiger partial charge in [0, 0.05) is 63.5 Å². The monoisotopic (exact) mass is 295 g/mol. The number of alkyl halides is 2. The van der Waals surface area contributed by atoms with Crippen LogP contribution in [0.1, 0.15) is 12.8 Å². The van der Waals surface area contributed by atoms with Gasteiger partial charge in [0.05, 0.1) is 0 Å². The van der Waals surface area contributed by atoms with Crippen LogP contribution in [0, 0.1) is 0 Å². The topological polar surface area (TPSA) is 9.72 Å². The number of piperazine rings is 1. The minimum absolute atomic E-state index is 0.0360. The molecule has 1 aromatic carbocycles. The Morgan fingerprint density at radius 3 is 1.95 bits per heavy atom. The van der Waals surface area contributed by atoms with Crippen LogP contribution in [0.5, 0.6) is 0 Å². The molecule has 3 nitrogen and oxygen atoms in total. The first-order chi connectivity index (χ1) is 10.0. The molecule has 5 heteroatoms. The lowest BCUT2D eigenvalue weighted by atomic mass is 10.1. The Bertz CT molecular complexity index is 474. The third-order valence-corrected chi connectivity index (χ3v) is 4.56. The molecule has 0 radical (unpaired) electrons. The van der Waals surface area contributed by atoms with Crippen LogP contribution in [0.4, 0.5) is 20.2 Å². The molecule has 3 rings (SSSR count). The standard InChI is InChI=1S/C16H23F2N3/c1-19-9-11-21(12-10-19)15-4-2-3-14(13-15)20-7-5-16(17,18)6-8-20/h2-4,13H,5-12H2,1H3. The number of hydrogen-bond acceptors (Lipinski definition) is 3. The van der Waals surface area contributed by atoms with Crippen molar-refractivity contribution in [3.63, 3.8) is 0 Å². The molecule has 0 unspecified atom stereocenters. The van der Waals surface area contributed by atoms with Crippen molar-refractivity contribution in [2.24, 2.45) is 0 Å². The summed E-state index contributed by atoms with van der Waals surface area (Å²) in [4.78, 5) is 6.78. The summed E-state index contributed by atoms with van der Waals surface area (Å²) in [6.07, 6.45) is -0.0720. The van der Waals surface area contributed by atoms with Crippen LogP contribution in [-0.2, 0) is 0 Å². The fourth-order valence-electron chi connectivity index (χ4n) is 3.04. The van der Waals surface area contributed by atoms with E-state index in [9.17, 15) is 8.78 Å². The molecule has 2 aliphatic rings. The minimum atomic E-state index is -2.48. The maximum absolute atomic E-state index is 13.3. The Balaban J connectivity index is 1.69. The Labute approximate surface area is 125 Å². The van der Waals surface area contributed by atoms with Gasteiger partial charge in [-0.2, -0.15) is 0 Å². The van der Waals surface area contributed by atoms with Crippen LogP contribution >= 0.6 is 0 Å². The highest BCUT2D eigenvalue weighted by Crippen LogP contribution is 2.31. The van der Waals surface area contributed by atoms with Crippen molar-refractivity contribution in [2.45, 2.75) is 18.8 Å². The molecule has 0 bridgehead atoms. The normalized spacial score (nSPS) is 23.4. The van der Waals surface area contributed by atoms with Gasteiger partial charge in [0.15, 0.2) is 0 Å². The molecule has 1 aromatic rings. The van der Waals surface area contributed by atoms with Gasteiger partial charge in [-0.05, 0) is 25.2 Å². The number of likely N-dealkylation sites (N-methyl/N-ethyl adjacent to an activating group) is 1. The van der Waals surface area contributed by atoms with Gasteiger partial charge in [0.1, 0.15) is 0 Å². The van der Waals surface area contributed by atoms with Gasteiger partial charge in [-0.15, -0.1) is 0 Å². The second-order valence-electron chi connectivity index (χ2n) is 6.15. The minimum Gasteiger partial charge on any atom is -0.371 e. The molecule has 0 saturated carbocycles. The highest BCUT2D eigenvalue weighted by molar-refractivity contribution is 5.59. The number of anilines is 2. The summed E-state index contributed by atoms with van der Waals surface area (Å²) in [5.74, 6) is -2.48. The van der Waals surface area contributed by atoms with Crippen LogP contribution in [-0.4, -0.2) is 57.1 Å². The SMILES string of the molecule is CN1CCN(c2cccc(N3CCC(F)(F)CC3)c2)CC1. The molecule has 2 aliphatic heterocycles. The largest absolute Gasteiger partial charge is 0.371 e. The molecule has 2 saturated heterocycles. The summed E-state index contributed by atoms with van der Waals surface area (Å²) in [5, 5.41) is 0. The molecule has 0 atom stereocenters. The second kappa shape index (κ2) is 5.79. The van der Waals surface area contributed by atoms with E-state index >= 15 is 0 Å². The summed E-state index contributed by atoms with van der Waals surface area (Å²) in [6, 6.07) is 8.33. The predicted molar refractivity (Wildman–Crippen MR) is 82.5 cm³/mol. The average molecular weight is 295 g/mol. The predicted octanol–water partition coefficient (Wildman–Crippen LogP) is 2.67. The van der Waals surface area contributed by atoms with E-state index in [4.69, 9.17) is 0 Å². The lowest BCUT2D eigenvalue weighted by molar-refractivity contribution is -0.0220. The summed E-state index contributed by atoms with van der Waals surface area (Å²) >= 11 is 0. The van der Waals surface area contributed by atoms with Gasteiger partial charge in [0.2, 0.25) is 0 Å². The molecule has 0 spiro atoms. The molecule has 0 aromatic heterocycles. The quantitative estimate of drug-likeness (QED) is 0.830. The van der Waals surface area contributed by atoms with Crippen molar-refractivity contribution in [2.75, 3.05) is 56.1 Å². The Morgan fingerprint density at radius 2 is 1.38 bits per heavy atom. The highest BCUT2D eigenvalue weighted by Gasteiger charge is 2.34. The molecule has 0 aliphatic carbocycles. The van der Waals surface area contributed by atoms with E-state index in [0.717, 1.165) is 31.9 Å². The van der Waals surface area contributed by atoms with Crippen molar-refractivity contribution in [3.8, 4) is 0 Å². The molecule has 116 valence electrons. The number of nitrogens with zero attached hydrogens (tertiary/aromatic N) is 3. The summed E-state index contributed by atoms with van der Waals surface area (Å²) in [7, 11) is 2.14. The number of halogens is 2. The van der Waals surface area contributed by atoms with Gasteiger partial charge < -0.3 is 14.7 Å². The zero-order valence-corrected chi connectivity index (χ0v) is 12.6. The lowest BCUT2D eigenvalue weighted by Crippen LogP contribution is -2.44. The number of benzene rings is 1. The van der Waals surface area contributed by atoms with Crippen molar-refractivity contribution in [3.05, 3.63) is 24.3 Å². The van der Waals surface area contributed by atoms with Crippen LogP contribution in [0.3, 0.4) is 0 Å². The van der Waals surface area contributed by atoms with E-state index in [1.165, 1.54) is 5.69 Å². The number of rotatable bonds is 2. The van der Waals surface area contributed by atoms with Gasteiger partial charge in [-0.3, -0.25) is 0 Å². The lowest BCUT2D eigenvalue weighted by Gasteiger charge is -2.36. The molecule has 2 fully saturated rings. The molecule has 0 N–H and O–H groups in total. The first-order valence-electron chi connectivity index (χ1n) is 7.70. The zero-order chi connectivity index (χ0) is 14.9. The second-order valence-corrected chi connectivity index (χ2v) is 6.15. The van der Waals surface area contributed by atoms with Crippen LogP contribution < -0.4 is 9.80 Å². The van der Waals surface area contributed by atoms with E-state index in [2.05, 4.69) is 33.9 Å². The van der Waals surface area contributed by atoms with Crippen molar-refractivity contribution in [1.29, 1.82) is 0 Å². The third-order valence-electron chi connectivity index (χ3n) is 4.56. The van der Waals surface area contributed by atoms with Crippen LogP contribution in [0.2, 0.25) is 0 Å². The fourth-order valence-corrected chi connectivity index (χ4v) is 3.04. The summed E-state index contributed by atoms with van der Waals surface area (Å²) < 4.78 is 26.5. The summed E-state index contributed by atoms with van der Waals surface area (Å²) in [5.41, 5.74) is 2.28. The number of piperidine rings is 1. The average Bonchev–Trinajstić information content (AvgIpc) is 2.48. The Hall–Kier alpha value is -1.36. The molecular weight excluding hydrogens is 272 g/mol. The smallest absolute Gasteiger partial charge is 0.251 e. The molecular formula is C16H23F2N3. The van der Waals surface area contributed by atoms with Gasteiger partial charge in [-0.25, -0.2) is 8.78 Å². The fraction of sp³-hybridized carbons (Fsp3) is 0.625.